The van der Waals surface area contributed by atoms with Gasteiger partial charge in [0, 0.05) is 42.7 Å². The van der Waals surface area contributed by atoms with E-state index in [4.69, 9.17) is 16.3 Å². The van der Waals surface area contributed by atoms with Crippen molar-refractivity contribution in [3.8, 4) is 5.75 Å². The highest BCUT2D eigenvalue weighted by Gasteiger charge is 2.33. The molecule has 0 aliphatic carbocycles. The summed E-state index contributed by atoms with van der Waals surface area (Å²) in [5.41, 5.74) is 1.43. The maximum Gasteiger partial charge on any atom is 0.261 e. The van der Waals surface area contributed by atoms with Crippen LogP contribution in [0, 0.1) is 0 Å². The molecule has 3 heterocycles. The van der Waals surface area contributed by atoms with E-state index in [1.54, 1.807) is 36.3 Å². The summed E-state index contributed by atoms with van der Waals surface area (Å²) in [7, 11) is 3.16. The predicted octanol–water partition coefficient (Wildman–Crippen LogP) is 3.95. The molecule has 0 saturated carbocycles. The van der Waals surface area contributed by atoms with Crippen molar-refractivity contribution in [2.45, 2.75) is 12.3 Å². The van der Waals surface area contributed by atoms with Crippen LogP contribution >= 0.6 is 22.9 Å². The molecular weight excluding hydrogens is 410 g/mol. The molecule has 3 aromatic rings. The van der Waals surface area contributed by atoms with E-state index in [0.717, 1.165) is 22.2 Å². The molecule has 2 amide bonds. The predicted molar refractivity (Wildman–Crippen MR) is 114 cm³/mol. The highest BCUT2D eigenvalue weighted by atomic mass is 35.5. The van der Waals surface area contributed by atoms with Crippen LogP contribution in [0.15, 0.2) is 36.5 Å². The maximum absolute atomic E-state index is 13.1. The molecule has 6 nitrogen and oxygen atoms in total. The van der Waals surface area contributed by atoms with Crippen LogP contribution in [0.5, 0.6) is 5.75 Å². The van der Waals surface area contributed by atoms with Crippen molar-refractivity contribution in [2.24, 2.45) is 0 Å². The van der Waals surface area contributed by atoms with Crippen LogP contribution in [0.1, 0.15) is 37.9 Å². The number of hydrogen-bond donors (Lipinski definition) is 1. The van der Waals surface area contributed by atoms with Gasteiger partial charge in [-0.1, -0.05) is 17.7 Å². The van der Waals surface area contributed by atoms with Gasteiger partial charge in [0.05, 0.1) is 17.6 Å². The number of rotatable bonds is 4. The summed E-state index contributed by atoms with van der Waals surface area (Å²) in [5.74, 6) is 0.323. The number of aromatic nitrogens is 1. The molecule has 0 spiro atoms. The van der Waals surface area contributed by atoms with E-state index in [1.807, 2.05) is 12.1 Å². The highest BCUT2D eigenvalue weighted by Crippen LogP contribution is 2.40. The molecule has 29 heavy (non-hydrogen) atoms. The Morgan fingerprint density at radius 3 is 2.93 bits per heavy atom. The average Bonchev–Trinajstić information content (AvgIpc) is 3.37. The van der Waals surface area contributed by atoms with Crippen LogP contribution in [-0.4, -0.2) is 48.9 Å². The van der Waals surface area contributed by atoms with Crippen LogP contribution in [0.3, 0.4) is 0 Å². The fraction of sp³-hybridized carbons (Fsp3) is 0.286. The molecule has 1 fully saturated rings. The van der Waals surface area contributed by atoms with Crippen molar-refractivity contribution in [2.75, 3.05) is 27.2 Å². The number of amides is 2. The summed E-state index contributed by atoms with van der Waals surface area (Å²) in [4.78, 5) is 33.3. The number of thiophene rings is 1. The van der Waals surface area contributed by atoms with E-state index in [2.05, 4.69) is 10.3 Å². The van der Waals surface area contributed by atoms with Gasteiger partial charge in [0.1, 0.15) is 10.6 Å². The molecule has 1 atom stereocenters. The lowest BCUT2D eigenvalue weighted by Gasteiger charge is -2.19. The van der Waals surface area contributed by atoms with Crippen molar-refractivity contribution < 1.29 is 14.3 Å². The van der Waals surface area contributed by atoms with Gasteiger partial charge in [-0.15, -0.1) is 11.3 Å². The van der Waals surface area contributed by atoms with Crippen molar-refractivity contribution in [3.05, 3.63) is 57.6 Å². The largest absolute Gasteiger partial charge is 0.496 e. The van der Waals surface area contributed by atoms with Crippen molar-refractivity contribution in [3.63, 3.8) is 0 Å². The van der Waals surface area contributed by atoms with Crippen molar-refractivity contribution in [1.29, 1.82) is 0 Å². The first kappa shape index (κ1) is 19.7. The molecule has 1 N–H and O–H groups in total. The van der Waals surface area contributed by atoms with Crippen LogP contribution in [-0.2, 0) is 0 Å². The molecule has 1 saturated heterocycles. The zero-order valence-corrected chi connectivity index (χ0v) is 17.6. The van der Waals surface area contributed by atoms with Crippen LogP contribution in [0.25, 0.3) is 10.2 Å². The van der Waals surface area contributed by atoms with Crippen LogP contribution in [0.2, 0.25) is 5.02 Å². The van der Waals surface area contributed by atoms with E-state index in [9.17, 15) is 9.59 Å². The molecule has 1 aliphatic rings. The first-order valence-corrected chi connectivity index (χ1v) is 10.4. The number of likely N-dealkylation sites (tertiary alicyclic amines) is 1. The second kappa shape index (κ2) is 8.00. The smallest absolute Gasteiger partial charge is 0.261 e. The zero-order valence-electron chi connectivity index (χ0n) is 16.1. The number of fused-ring (bicyclic) bond motifs is 1. The number of methoxy groups -OCH3 is 1. The maximum atomic E-state index is 13.1. The molecule has 0 radical (unpaired) electrons. The van der Waals surface area contributed by atoms with Crippen molar-refractivity contribution in [1.82, 2.24) is 15.2 Å². The summed E-state index contributed by atoms with van der Waals surface area (Å²) in [6, 6.07) is 8.90. The lowest BCUT2D eigenvalue weighted by Crippen LogP contribution is -2.29. The number of nitrogens with one attached hydrogen (secondary N) is 1. The first-order chi connectivity index (χ1) is 14.0. The Bertz CT molecular complexity index is 1100. The molecule has 1 unspecified atom stereocenters. The fourth-order valence-electron chi connectivity index (χ4n) is 3.84. The molecular formula is C21H20ClN3O3S. The third kappa shape index (κ3) is 3.56. The topological polar surface area (TPSA) is 71.5 Å². The Balaban J connectivity index is 1.67. The third-order valence-corrected chi connectivity index (χ3v) is 6.58. The van der Waals surface area contributed by atoms with Gasteiger partial charge in [-0.25, -0.2) is 4.98 Å². The van der Waals surface area contributed by atoms with E-state index in [1.165, 1.54) is 18.4 Å². The van der Waals surface area contributed by atoms with Gasteiger partial charge in [-0.2, -0.15) is 0 Å². The summed E-state index contributed by atoms with van der Waals surface area (Å²) in [5, 5.41) is 4.19. The molecule has 4 rings (SSSR count). The number of carbonyl (C=O) groups excluding carboxylic acids is 2. The number of hydrogen-bond acceptors (Lipinski definition) is 5. The first-order valence-electron chi connectivity index (χ1n) is 9.25. The van der Waals surface area contributed by atoms with Gasteiger partial charge in [0.15, 0.2) is 0 Å². The van der Waals surface area contributed by atoms with Gasteiger partial charge in [0.2, 0.25) is 0 Å². The van der Waals surface area contributed by atoms with Crippen LogP contribution < -0.4 is 10.1 Å². The molecule has 1 aromatic carbocycles. The summed E-state index contributed by atoms with van der Waals surface area (Å²) in [6.45, 7) is 1.13. The van der Waals surface area contributed by atoms with Crippen LogP contribution in [0.4, 0.5) is 0 Å². The standard InChI is InChI=1S/C21H20ClN3O3S/c1-23-19(26)18-17(14-4-3-8-24-20(14)29-18)12-7-9-25(11-12)21(27)15-10-13(22)5-6-16(15)28-2/h3-6,8,10,12H,7,9,11H2,1-2H3,(H,23,26). The number of carbonyl (C=O) groups is 2. The minimum absolute atomic E-state index is 0.0642. The monoisotopic (exact) mass is 429 g/mol. The summed E-state index contributed by atoms with van der Waals surface area (Å²) in [6.07, 6.45) is 2.51. The Morgan fingerprint density at radius 2 is 2.17 bits per heavy atom. The van der Waals surface area contributed by atoms with Gasteiger partial charge < -0.3 is 15.0 Å². The average molecular weight is 430 g/mol. The minimum Gasteiger partial charge on any atom is -0.496 e. The van der Waals surface area contributed by atoms with E-state index in [0.29, 0.717) is 34.3 Å². The quantitative estimate of drug-likeness (QED) is 0.681. The van der Waals surface area contributed by atoms with Crippen molar-refractivity contribution >= 4 is 45.0 Å². The molecule has 0 bridgehead atoms. The van der Waals surface area contributed by atoms with E-state index in [-0.39, 0.29) is 17.7 Å². The highest BCUT2D eigenvalue weighted by molar-refractivity contribution is 7.20. The Morgan fingerprint density at radius 1 is 1.34 bits per heavy atom. The minimum atomic E-state index is -0.121. The van der Waals surface area contributed by atoms with E-state index >= 15 is 0 Å². The lowest BCUT2D eigenvalue weighted by molar-refractivity contribution is 0.0787. The van der Waals surface area contributed by atoms with Gasteiger partial charge in [-0.3, -0.25) is 9.59 Å². The normalized spacial score (nSPS) is 16.2. The number of nitrogens with zero attached hydrogens (tertiary/aromatic N) is 2. The van der Waals surface area contributed by atoms with Gasteiger partial charge >= 0.3 is 0 Å². The summed E-state index contributed by atoms with van der Waals surface area (Å²) < 4.78 is 5.34. The second-order valence-corrected chi connectivity index (χ2v) is 8.30. The fourth-order valence-corrected chi connectivity index (χ4v) is 5.18. The SMILES string of the molecule is CNC(=O)c1sc2ncccc2c1C1CCN(C(=O)c2cc(Cl)ccc2OC)C1. The number of pyridine rings is 1. The molecule has 1 aliphatic heterocycles. The summed E-state index contributed by atoms with van der Waals surface area (Å²) >= 11 is 7.49. The Labute approximate surface area is 177 Å². The van der Waals surface area contributed by atoms with Gasteiger partial charge in [0.25, 0.3) is 11.8 Å². The molecule has 150 valence electrons. The number of ether oxygens (including phenoxy) is 1. The second-order valence-electron chi connectivity index (χ2n) is 6.86. The van der Waals surface area contributed by atoms with E-state index < -0.39 is 0 Å². The third-order valence-electron chi connectivity index (χ3n) is 5.21. The molecule has 8 heteroatoms. The lowest BCUT2D eigenvalue weighted by atomic mass is 9.95. The Hall–Kier alpha value is -2.64. The Kier molecular flexibility index (Phi) is 5.43. The molecule has 2 aromatic heterocycles. The number of halogens is 1. The zero-order chi connectivity index (χ0) is 20.5. The van der Waals surface area contributed by atoms with Gasteiger partial charge in [-0.05, 0) is 36.2 Å². The number of benzene rings is 1.